The van der Waals surface area contributed by atoms with Gasteiger partial charge in [-0.05, 0) is 49.3 Å². The Morgan fingerprint density at radius 3 is 2.62 bits per heavy atom. The highest BCUT2D eigenvalue weighted by Crippen LogP contribution is 2.16. The van der Waals surface area contributed by atoms with Gasteiger partial charge in [-0.3, -0.25) is 0 Å². The van der Waals surface area contributed by atoms with E-state index in [1.165, 1.54) is 25.3 Å². The third-order valence-corrected chi connectivity index (χ3v) is 2.77. The Morgan fingerprint density at radius 2 is 1.94 bits per heavy atom. The van der Waals surface area contributed by atoms with Crippen LogP contribution in [0.4, 0.5) is 4.39 Å². The van der Waals surface area contributed by atoms with Crippen LogP contribution in [-0.2, 0) is 0 Å². The first-order chi connectivity index (χ1) is 7.74. The molecule has 0 heterocycles. The summed E-state index contributed by atoms with van der Waals surface area (Å²) in [6, 6.07) is 4.87. The van der Waals surface area contributed by atoms with Crippen LogP contribution in [0.1, 0.15) is 31.2 Å². The number of rotatable bonds is 7. The van der Waals surface area contributed by atoms with Crippen LogP contribution in [0.25, 0.3) is 0 Å². The quantitative estimate of drug-likeness (QED) is 0.561. The molecule has 0 radical (unpaired) electrons. The van der Waals surface area contributed by atoms with E-state index in [-0.39, 0.29) is 5.82 Å². The average Bonchev–Trinajstić information content (AvgIpc) is 2.28. The maximum Gasteiger partial charge on any atom is 0.126 e. The highest BCUT2D eigenvalue weighted by Gasteiger charge is 1.99. The van der Waals surface area contributed by atoms with Crippen molar-refractivity contribution in [3.8, 4) is 5.75 Å². The molecule has 1 rings (SSSR count). The van der Waals surface area contributed by atoms with Gasteiger partial charge in [-0.15, -0.1) is 0 Å². The zero-order valence-electron chi connectivity index (χ0n) is 9.71. The van der Waals surface area contributed by atoms with Crippen LogP contribution in [0.3, 0.4) is 0 Å². The van der Waals surface area contributed by atoms with Crippen molar-refractivity contribution in [1.82, 2.24) is 0 Å². The Kier molecular flexibility index (Phi) is 6.31. The molecule has 0 aliphatic rings. The van der Waals surface area contributed by atoms with Gasteiger partial charge in [0.1, 0.15) is 11.6 Å². The Labute approximate surface area is 102 Å². The van der Waals surface area contributed by atoms with Gasteiger partial charge in [-0.25, -0.2) is 4.39 Å². The van der Waals surface area contributed by atoms with Crippen molar-refractivity contribution in [3.63, 3.8) is 0 Å². The minimum Gasteiger partial charge on any atom is -0.494 e. The van der Waals surface area contributed by atoms with Gasteiger partial charge in [-0.2, -0.15) is 12.6 Å². The minimum absolute atomic E-state index is 0.180. The number of ether oxygens (including phenoxy) is 1. The molecule has 0 N–H and O–H groups in total. The smallest absolute Gasteiger partial charge is 0.126 e. The fourth-order valence-corrected chi connectivity index (χ4v) is 1.69. The van der Waals surface area contributed by atoms with Crippen molar-refractivity contribution < 1.29 is 9.13 Å². The Balaban J connectivity index is 2.19. The van der Waals surface area contributed by atoms with E-state index in [2.05, 4.69) is 12.6 Å². The number of thiol groups is 1. The van der Waals surface area contributed by atoms with E-state index >= 15 is 0 Å². The van der Waals surface area contributed by atoms with Crippen LogP contribution in [-0.4, -0.2) is 12.4 Å². The lowest BCUT2D eigenvalue weighted by Gasteiger charge is -2.07. The van der Waals surface area contributed by atoms with Crippen LogP contribution in [0.5, 0.6) is 5.75 Å². The Hall–Kier alpha value is -0.700. The SMILES string of the molecule is Cc1cc(OCCCCCCS)ccc1F. The van der Waals surface area contributed by atoms with E-state index in [0.717, 1.165) is 17.9 Å². The van der Waals surface area contributed by atoms with E-state index < -0.39 is 0 Å². The maximum absolute atomic E-state index is 13.0. The second-order valence-electron chi connectivity index (χ2n) is 3.90. The largest absolute Gasteiger partial charge is 0.494 e. The second kappa shape index (κ2) is 7.55. The third kappa shape index (κ3) is 4.88. The summed E-state index contributed by atoms with van der Waals surface area (Å²) in [6.45, 7) is 2.45. The van der Waals surface area contributed by atoms with Gasteiger partial charge in [0.05, 0.1) is 6.61 Å². The predicted molar refractivity (Wildman–Crippen MR) is 69.0 cm³/mol. The number of hydrogen-bond acceptors (Lipinski definition) is 2. The van der Waals surface area contributed by atoms with Crippen molar-refractivity contribution in [2.45, 2.75) is 32.6 Å². The van der Waals surface area contributed by atoms with Crippen LogP contribution in [0.15, 0.2) is 18.2 Å². The van der Waals surface area contributed by atoms with Gasteiger partial charge in [-0.1, -0.05) is 12.8 Å². The zero-order chi connectivity index (χ0) is 11.8. The predicted octanol–water partition coefficient (Wildman–Crippen LogP) is 4.00. The highest BCUT2D eigenvalue weighted by molar-refractivity contribution is 7.80. The van der Waals surface area contributed by atoms with Crippen molar-refractivity contribution in [1.29, 1.82) is 0 Å². The molecule has 0 amide bonds. The molecule has 0 saturated carbocycles. The van der Waals surface area contributed by atoms with Gasteiger partial charge in [0.2, 0.25) is 0 Å². The Bertz CT molecular complexity index is 315. The van der Waals surface area contributed by atoms with E-state index in [1.54, 1.807) is 19.1 Å². The lowest BCUT2D eigenvalue weighted by molar-refractivity contribution is 0.304. The van der Waals surface area contributed by atoms with Gasteiger partial charge >= 0.3 is 0 Å². The number of hydrogen-bond donors (Lipinski definition) is 1. The molecule has 0 fully saturated rings. The van der Waals surface area contributed by atoms with Crippen molar-refractivity contribution in [2.75, 3.05) is 12.4 Å². The summed E-state index contributed by atoms with van der Waals surface area (Å²) in [5.74, 6) is 1.53. The molecule has 0 spiro atoms. The normalized spacial score (nSPS) is 10.4. The monoisotopic (exact) mass is 242 g/mol. The number of benzene rings is 1. The zero-order valence-corrected chi connectivity index (χ0v) is 10.6. The topological polar surface area (TPSA) is 9.23 Å². The number of unbranched alkanes of at least 4 members (excludes halogenated alkanes) is 3. The molecular formula is C13H19FOS. The highest BCUT2D eigenvalue weighted by atomic mass is 32.1. The molecule has 0 unspecified atom stereocenters. The molecule has 16 heavy (non-hydrogen) atoms. The molecule has 3 heteroatoms. The molecule has 0 aliphatic carbocycles. The summed E-state index contributed by atoms with van der Waals surface area (Å²) in [4.78, 5) is 0. The maximum atomic E-state index is 13.0. The van der Waals surface area contributed by atoms with Gasteiger partial charge in [0, 0.05) is 0 Å². The van der Waals surface area contributed by atoms with Gasteiger partial charge in [0.25, 0.3) is 0 Å². The molecule has 1 aromatic rings. The summed E-state index contributed by atoms with van der Waals surface area (Å²) in [5, 5.41) is 0. The molecule has 1 aromatic carbocycles. The van der Waals surface area contributed by atoms with E-state index in [1.807, 2.05) is 0 Å². The third-order valence-electron chi connectivity index (χ3n) is 2.45. The summed E-state index contributed by atoms with van der Waals surface area (Å²) < 4.78 is 18.5. The summed E-state index contributed by atoms with van der Waals surface area (Å²) in [6.07, 6.45) is 4.58. The van der Waals surface area contributed by atoms with Crippen molar-refractivity contribution >= 4 is 12.6 Å². The van der Waals surface area contributed by atoms with E-state index in [4.69, 9.17) is 4.74 Å². The molecule has 0 bridgehead atoms. The fourth-order valence-electron chi connectivity index (χ4n) is 1.46. The van der Waals surface area contributed by atoms with Crippen LogP contribution >= 0.6 is 12.6 Å². The fraction of sp³-hybridized carbons (Fsp3) is 0.538. The van der Waals surface area contributed by atoms with E-state index in [9.17, 15) is 4.39 Å². The standard InChI is InChI=1S/C13H19FOS/c1-11-10-12(6-7-13(11)14)15-8-4-2-3-5-9-16/h6-7,10,16H,2-5,8-9H2,1H3. The molecule has 1 nitrogen and oxygen atoms in total. The first-order valence-corrected chi connectivity index (χ1v) is 6.37. The van der Waals surface area contributed by atoms with Crippen molar-refractivity contribution in [2.24, 2.45) is 0 Å². The van der Waals surface area contributed by atoms with Crippen molar-refractivity contribution in [3.05, 3.63) is 29.6 Å². The summed E-state index contributed by atoms with van der Waals surface area (Å²) >= 11 is 4.16. The van der Waals surface area contributed by atoms with Crippen LogP contribution in [0, 0.1) is 12.7 Å². The molecule has 90 valence electrons. The van der Waals surface area contributed by atoms with Crippen LogP contribution in [0.2, 0.25) is 0 Å². The summed E-state index contributed by atoms with van der Waals surface area (Å²) in [5.41, 5.74) is 0.632. The molecule has 0 saturated heterocycles. The minimum atomic E-state index is -0.180. The first-order valence-electron chi connectivity index (χ1n) is 5.74. The van der Waals surface area contributed by atoms with Gasteiger partial charge in [0.15, 0.2) is 0 Å². The average molecular weight is 242 g/mol. The number of aryl methyl sites for hydroxylation is 1. The first kappa shape index (κ1) is 13.4. The molecule has 0 aliphatic heterocycles. The Morgan fingerprint density at radius 1 is 1.19 bits per heavy atom. The summed E-state index contributed by atoms with van der Waals surface area (Å²) in [7, 11) is 0. The van der Waals surface area contributed by atoms with Crippen LogP contribution < -0.4 is 4.74 Å². The molecular weight excluding hydrogens is 223 g/mol. The molecule has 0 aromatic heterocycles. The lowest BCUT2D eigenvalue weighted by atomic mass is 10.2. The molecule has 0 atom stereocenters. The second-order valence-corrected chi connectivity index (χ2v) is 4.34. The van der Waals surface area contributed by atoms with Gasteiger partial charge < -0.3 is 4.74 Å². The lowest BCUT2D eigenvalue weighted by Crippen LogP contribution is -1.98. The number of halogens is 1. The van der Waals surface area contributed by atoms with E-state index in [0.29, 0.717) is 12.2 Å².